The molecule has 0 aliphatic carbocycles. The van der Waals surface area contributed by atoms with Crippen LogP contribution in [0.5, 0.6) is 0 Å². The lowest BCUT2D eigenvalue weighted by Crippen LogP contribution is -2.42. The highest BCUT2D eigenvalue weighted by molar-refractivity contribution is 7.89. The molecule has 0 amide bonds. The van der Waals surface area contributed by atoms with Crippen molar-refractivity contribution in [2.24, 2.45) is 11.7 Å². The SMILES string of the molecule is Cc1cc(S(=O)(=O)N2CCC(C(C)N)CC2)ccc1F. The Morgan fingerprint density at radius 2 is 1.95 bits per heavy atom. The molecule has 20 heavy (non-hydrogen) atoms. The summed E-state index contributed by atoms with van der Waals surface area (Å²) < 4.78 is 39.7. The van der Waals surface area contributed by atoms with E-state index in [9.17, 15) is 12.8 Å². The van der Waals surface area contributed by atoms with Crippen LogP contribution in [0.3, 0.4) is 0 Å². The molecule has 0 aromatic heterocycles. The Balaban J connectivity index is 2.17. The van der Waals surface area contributed by atoms with Gasteiger partial charge in [-0.15, -0.1) is 0 Å². The van der Waals surface area contributed by atoms with Gasteiger partial charge in [0.2, 0.25) is 10.0 Å². The van der Waals surface area contributed by atoms with Gasteiger partial charge in [0.05, 0.1) is 4.90 Å². The van der Waals surface area contributed by atoms with Crippen molar-refractivity contribution in [1.82, 2.24) is 4.31 Å². The van der Waals surface area contributed by atoms with E-state index in [4.69, 9.17) is 5.73 Å². The maximum Gasteiger partial charge on any atom is 0.243 e. The van der Waals surface area contributed by atoms with Crippen molar-refractivity contribution in [3.8, 4) is 0 Å². The second-order valence-corrected chi connectivity index (χ2v) is 7.45. The van der Waals surface area contributed by atoms with E-state index in [-0.39, 0.29) is 16.8 Å². The number of aryl methyl sites for hydroxylation is 1. The van der Waals surface area contributed by atoms with Crippen molar-refractivity contribution >= 4 is 10.0 Å². The summed E-state index contributed by atoms with van der Waals surface area (Å²) in [6.07, 6.45) is 1.55. The lowest BCUT2D eigenvalue weighted by Gasteiger charge is -2.33. The average molecular weight is 300 g/mol. The minimum absolute atomic E-state index is 0.0907. The van der Waals surface area contributed by atoms with Gasteiger partial charge < -0.3 is 5.73 Å². The highest BCUT2D eigenvalue weighted by Crippen LogP contribution is 2.25. The summed E-state index contributed by atoms with van der Waals surface area (Å²) in [5.41, 5.74) is 6.20. The Hall–Kier alpha value is -0.980. The van der Waals surface area contributed by atoms with Gasteiger partial charge in [0, 0.05) is 19.1 Å². The molecule has 112 valence electrons. The molecule has 0 radical (unpaired) electrons. The summed E-state index contributed by atoms with van der Waals surface area (Å²) in [5.74, 6) is -0.0176. The second-order valence-electron chi connectivity index (χ2n) is 5.51. The number of hydrogen-bond acceptors (Lipinski definition) is 3. The molecule has 1 aliphatic rings. The fraction of sp³-hybridized carbons (Fsp3) is 0.571. The van der Waals surface area contributed by atoms with Gasteiger partial charge in [0.25, 0.3) is 0 Å². The summed E-state index contributed by atoms with van der Waals surface area (Å²) in [6, 6.07) is 4.02. The summed E-state index contributed by atoms with van der Waals surface area (Å²) >= 11 is 0. The van der Waals surface area contributed by atoms with E-state index in [1.165, 1.54) is 22.5 Å². The normalized spacial score (nSPS) is 20.0. The zero-order valence-corrected chi connectivity index (χ0v) is 12.7. The lowest BCUT2D eigenvalue weighted by molar-refractivity contribution is 0.250. The van der Waals surface area contributed by atoms with E-state index < -0.39 is 10.0 Å². The van der Waals surface area contributed by atoms with E-state index in [2.05, 4.69) is 0 Å². The largest absolute Gasteiger partial charge is 0.328 e. The quantitative estimate of drug-likeness (QED) is 0.927. The molecular weight excluding hydrogens is 279 g/mol. The van der Waals surface area contributed by atoms with Crippen molar-refractivity contribution in [3.05, 3.63) is 29.6 Å². The molecule has 1 atom stereocenters. The van der Waals surface area contributed by atoms with Crippen LogP contribution >= 0.6 is 0 Å². The molecule has 1 heterocycles. The standard InChI is InChI=1S/C14H21FN2O2S/c1-10-9-13(3-4-14(10)15)20(18,19)17-7-5-12(6-8-17)11(2)16/h3-4,9,11-12H,5-8,16H2,1-2H3. The number of nitrogens with two attached hydrogens (primary N) is 1. The van der Waals surface area contributed by atoms with Crippen LogP contribution < -0.4 is 5.73 Å². The third kappa shape index (κ3) is 3.02. The first-order valence-corrected chi connectivity index (χ1v) is 8.28. The Bertz CT molecular complexity index is 579. The minimum atomic E-state index is -3.52. The van der Waals surface area contributed by atoms with Crippen LogP contribution in [-0.4, -0.2) is 31.9 Å². The number of rotatable bonds is 3. The Morgan fingerprint density at radius 1 is 1.35 bits per heavy atom. The smallest absolute Gasteiger partial charge is 0.243 e. The molecule has 1 fully saturated rings. The third-order valence-corrected chi connectivity index (χ3v) is 5.90. The van der Waals surface area contributed by atoms with Crippen LogP contribution in [-0.2, 0) is 10.0 Å². The maximum atomic E-state index is 13.2. The van der Waals surface area contributed by atoms with Crippen LogP contribution in [0.2, 0.25) is 0 Å². The van der Waals surface area contributed by atoms with Gasteiger partial charge in [-0.05, 0) is 56.4 Å². The predicted molar refractivity (Wildman–Crippen MR) is 76.3 cm³/mol. The van der Waals surface area contributed by atoms with Crippen LogP contribution in [0.25, 0.3) is 0 Å². The van der Waals surface area contributed by atoms with Gasteiger partial charge >= 0.3 is 0 Å². The van der Waals surface area contributed by atoms with Gasteiger partial charge in [-0.2, -0.15) is 4.31 Å². The summed E-state index contributed by atoms with van der Waals surface area (Å²) in [5, 5.41) is 0. The first kappa shape index (κ1) is 15.4. The molecule has 2 N–H and O–H groups in total. The number of benzene rings is 1. The van der Waals surface area contributed by atoms with Crippen LogP contribution in [0.4, 0.5) is 4.39 Å². The fourth-order valence-electron chi connectivity index (χ4n) is 2.57. The summed E-state index contributed by atoms with van der Waals surface area (Å²) in [7, 11) is -3.52. The second kappa shape index (κ2) is 5.79. The van der Waals surface area contributed by atoms with Gasteiger partial charge in [-0.1, -0.05) is 0 Å². The molecule has 2 rings (SSSR count). The average Bonchev–Trinajstić information content (AvgIpc) is 2.41. The molecule has 4 nitrogen and oxygen atoms in total. The van der Waals surface area contributed by atoms with Crippen molar-refractivity contribution in [3.63, 3.8) is 0 Å². The minimum Gasteiger partial charge on any atom is -0.328 e. The third-order valence-electron chi connectivity index (χ3n) is 4.01. The molecule has 0 saturated carbocycles. The molecule has 1 aliphatic heterocycles. The van der Waals surface area contributed by atoms with Crippen LogP contribution in [0.15, 0.2) is 23.1 Å². The van der Waals surface area contributed by atoms with Gasteiger partial charge in [-0.25, -0.2) is 12.8 Å². The Labute approximate surface area is 119 Å². The molecule has 1 unspecified atom stereocenters. The summed E-state index contributed by atoms with van der Waals surface area (Å²) in [4.78, 5) is 0.163. The highest BCUT2D eigenvalue weighted by Gasteiger charge is 2.30. The molecule has 0 bridgehead atoms. The molecule has 1 saturated heterocycles. The van der Waals surface area contributed by atoms with Crippen LogP contribution in [0, 0.1) is 18.7 Å². The molecular formula is C14H21FN2O2S. The maximum absolute atomic E-state index is 13.2. The number of hydrogen-bond donors (Lipinski definition) is 1. The van der Waals surface area contributed by atoms with Crippen molar-refractivity contribution < 1.29 is 12.8 Å². The van der Waals surface area contributed by atoms with E-state index in [0.717, 1.165) is 12.8 Å². The van der Waals surface area contributed by atoms with Crippen molar-refractivity contribution in [2.75, 3.05) is 13.1 Å². The van der Waals surface area contributed by atoms with E-state index >= 15 is 0 Å². The van der Waals surface area contributed by atoms with Gasteiger partial charge in [0.1, 0.15) is 5.82 Å². The number of halogens is 1. The first-order valence-electron chi connectivity index (χ1n) is 6.84. The van der Waals surface area contributed by atoms with E-state index in [0.29, 0.717) is 24.6 Å². The van der Waals surface area contributed by atoms with E-state index in [1.807, 2.05) is 6.92 Å². The number of nitrogens with zero attached hydrogens (tertiary/aromatic N) is 1. The van der Waals surface area contributed by atoms with Crippen molar-refractivity contribution in [1.29, 1.82) is 0 Å². The van der Waals surface area contributed by atoms with Gasteiger partial charge in [-0.3, -0.25) is 0 Å². The topological polar surface area (TPSA) is 63.4 Å². The zero-order chi connectivity index (χ0) is 14.9. The molecule has 6 heteroatoms. The van der Waals surface area contributed by atoms with Crippen molar-refractivity contribution in [2.45, 2.75) is 37.6 Å². The molecule has 0 spiro atoms. The predicted octanol–water partition coefficient (Wildman–Crippen LogP) is 1.88. The molecule has 1 aromatic rings. The number of piperidine rings is 1. The first-order chi connectivity index (χ1) is 9.32. The lowest BCUT2D eigenvalue weighted by atomic mass is 9.92. The fourth-order valence-corrected chi connectivity index (χ4v) is 4.12. The van der Waals surface area contributed by atoms with Crippen LogP contribution in [0.1, 0.15) is 25.3 Å². The highest BCUT2D eigenvalue weighted by atomic mass is 32.2. The molecule has 1 aromatic carbocycles. The Morgan fingerprint density at radius 3 is 2.45 bits per heavy atom. The number of sulfonamides is 1. The zero-order valence-electron chi connectivity index (χ0n) is 11.8. The summed E-state index contributed by atoms with van der Waals surface area (Å²) in [6.45, 7) is 4.48. The van der Waals surface area contributed by atoms with E-state index in [1.54, 1.807) is 6.92 Å². The van der Waals surface area contributed by atoms with Gasteiger partial charge in [0.15, 0.2) is 0 Å². The monoisotopic (exact) mass is 300 g/mol. The Kier molecular flexibility index (Phi) is 4.46.